The molecule has 0 atom stereocenters. The molecule has 9 heteroatoms. The summed E-state index contributed by atoms with van der Waals surface area (Å²) in [7, 11) is -4.05. The summed E-state index contributed by atoms with van der Waals surface area (Å²) in [5.41, 5.74) is 0.811. The lowest BCUT2D eigenvalue weighted by molar-refractivity contribution is 0.245. The van der Waals surface area contributed by atoms with Gasteiger partial charge in [-0.05, 0) is 47.7 Å². The minimum atomic E-state index is -4.05. The second-order valence-electron chi connectivity index (χ2n) is 4.08. The third-order valence-corrected chi connectivity index (χ3v) is 4.32. The summed E-state index contributed by atoms with van der Waals surface area (Å²) in [5.74, 6) is 0. The van der Waals surface area contributed by atoms with Gasteiger partial charge in [0.05, 0.1) is 0 Å². The Morgan fingerprint density at radius 1 is 1.00 bits per heavy atom. The number of fused-ring (bicyclic) bond motifs is 1. The van der Waals surface area contributed by atoms with Gasteiger partial charge in [0.1, 0.15) is 15.9 Å². The van der Waals surface area contributed by atoms with E-state index < -0.39 is 10.1 Å². The Bertz CT molecular complexity index is 907. The number of hydrogen-bond donors (Lipinski definition) is 0. The van der Waals surface area contributed by atoms with Crippen molar-refractivity contribution in [2.45, 2.75) is 4.90 Å². The largest absolute Gasteiger partial charge is 0.358 e. The summed E-state index contributed by atoms with van der Waals surface area (Å²) in [6.45, 7) is 0. The van der Waals surface area contributed by atoms with Gasteiger partial charge in [-0.3, -0.25) is 4.28 Å². The number of nitrogens with zero attached hydrogens (tertiary/aromatic N) is 3. The molecule has 0 aliphatic heterocycles. The van der Waals surface area contributed by atoms with Crippen LogP contribution in [0.2, 0.25) is 10.0 Å². The molecule has 0 saturated heterocycles. The molecule has 0 N–H and O–H groups in total. The zero-order valence-electron chi connectivity index (χ0n) is 10.3. The third-order valence-electron chi connectivity index (χ3n) is 2.65. The lowest BCUT2D eigenvalue weighted by Crippen LogP contribution is -2.21. The van der Waals surface area contributed by atoms with E-state index in [1.165, 1.54) is 30.3 Å². The highest BCUT2D eigenvalue weighted by molar-refractivity contribution is 7.87. The van der Waals surface area contributed by atoms with Crippen LogP contribution in [0, 0.1) is 0 Å². The van der Waals surface area contributed by atoms with E-state index in [9.17, 15) is 8.42 Å². The topological polar surface area (TPSA) is 74.1 Å². The summed E-state index contributed by atoms with van der Waals surface area (Å²) < 4.78 is 29.3. The molecule has 0 fully saturated rings. The van der Waals surface area contributed by atoms with Gasteiger partial charge in [-0.25, -0.2) is 0 Å². The molecular weight excluding hydrogens is 337 g/mol. The molecule has 108 valence electrons. The van der Waals surface area contributed by atoms with Crippen molar-refractivity contribution in [1.29, 1.82) is 0 Å². The van der Waals surface area contributed by atoms with Crippen LogP contribution in [0.4, 0.5) is 0 Å². The fourth-order valence-electron chi connectivity index (χ4n) is 1.66. The number of rotatable bonds is 3. The van der Waals surface area contributed by atoms with Gasteiger partial charge in [-0.15, -0.1) is 5.10 Å². The molecule has 0 saturated carbocycles. The smallest absolute Gasteiger partial charge is 0.264 e. The van der Waals surface area contributed by atoms with Crippen molar-refractivity contribution in [1.82, 2.24) is 15.2 Å². The lowest BCUT2D eigenvalue weighted by atomic mass is 10.3. The predicted molar refractivity (Wildman–Crippen MR) is 77.8 cm³/mol. The highest BCUT2D eigenvalue weighted by Gasteiger charge is 2.19. The van der Waals surface area contributed by atoms with E-state index in [4.69, 9.17) is 27.5 Å². The number of aromatic nitrogens is 3. The molecular formula is C12H7Cl2N3O3S. The molecule has 3 aromatic rings. The van der Waals surface area contributed by atoms with Crippen LogP contribution in [-0.4, -0.2) is 23.6 Å². The molecule has 0 bridgehead atoms. The molecule has 21 heavy (non-hydrogen) atoms. The molecule has 6 nitrogen and oxygen atoms in total. The molecule has 0 amide bonds. The van der Waals surface area contributed by atoms with Crippen LogP contribution in [0.3, 0.4) is 0 Å². The lowest BCUT2D eigenvalue weighted by Gasteiger charge is -2.06. The van der Waals surface area contributed by atoms with E-state index in [0.717, 1.165) is 4.85 Å². The Hall–Kier alpha value is -1.83. The van der Waals surface area contributed by atoms with Crippen LogP contribution < -0.4 is 4.28 Å². The Kier molecular flexibility index (Phi) is 3.48. The van der Waals surface area contributed by atoms with E-state index in [0.29, 0.717) is 21.1 Å². The Morgan fingerprint density at radius 2 is 1.67 bits per heavy atom. The van der Waals surface area contributed by atoms with Crippen molar-refractivity contribution < 1.29 is 12.7 Å². The molecule has 0 spiro atoms. The molecule has 3 rings (SSSR count). The zero-order chi connectivity index (χ0) is 15.0. The number of hydrogen-bond acceptors (Lipinski definition) is 5. The minimum absolute atomic E-state index is 0.0439. The van der Waals surface area contributed by atoms with E-state index >= 15 is 0 Å². The maximum Gasteiger partial charge on any atom is 0.358 e. The average Bonchev–Trinajstić information content (AvgIpc) is 2.81. The molecule has 0 aliphatic carbocycles. The van der Waals surface area contributed by atoms with Gasteiger partial charge < -0.3 is 0 Å². The van der Waals surface area contributed by atoms with Gasteiger partial charge in [0, 0.05) is 10.0 Å². The first-order valence-electron chi connectivity index (χ1n) is 5.67. The van der Waals surface area contributed by atoms with Crippen molar-refractivity contribution in [3.05, 3.63) is 52.5 Å². The third kappa shape index (κ3) is 2.80. The van der Waals surface area contributed by atoms with Crippen molar-refractivity contribution >= 4 is 44.4 Å². The molecule has 1 heterocycles. The van der Waals surface area contributed by atoms with Crippen LogP contribution in [0.15, 0.2) is 47.4 Å². The van der Waals surface area contributed by atoms with Crippen molar-refractivity contribution in [2.75, 3.05) is 0 Å². The van der Waals surface area contributed by atoms with E-state index in [2.05, 4.69) is 10.3 Å². The van der Waals surface area contributed by atoms with Crippen LogP contribution in [0.1, 0.15) is 0 Å². The van der Waals surface area contributed by atoms with E-state index in [1.807, 2.05) is 0 Å². The standard InChI is InChI=1S/C12H7Cl2N3O3S/c13-8-1-4-10(5-2-8)21(18,19)20-17-12-7-9(14)3-6-11(12)15-16-17/h1-7H. The quantitative estimate of drug-likeness (QED) is 0.730. The van der Waals surface area contributed by atoms with Gasteiger partial charge >= 0.3 is 10.1 Å². The van der Waals surface area contributed by atoms with E-state index in [-0.39, 0.29) is 4.90 Å². The van der Waals surface area contributed by atoms with Gasteiger partial charge in [-0.1, -0.05) is 28.0 Å². The van der Waals surface area contributed by atoms with Gasteiger partial charge in [-0.2, -0.15) is 8.42 Å². The Labute approximate surface area is 129 Å². The van der Waals surface area contributed by atoms with Gasteiger partial charge in [0.25, 0.3) is 0 Å². The fraction of sp³-hybridized carbons (Fsp3) is 0. The second kappa shape index (κ2) is 5.18. The zero-order valence-corrected chi connectivity index (χ0v) is 12.6. The highest BCUT2D eigenvalue weighted by atomic mass is 35.5. The van der Waals surface area contributed by atoms with Crippen LogP contribution >= 0.6 is 23.2 Å². The number of benzene rings is 2. The monoisotopic (exact) mass is 343 g/mol. The minimum Gasteiger partial charge on any atom is -0.264 e. The van der Waals surface area contributed by atoms with Crippen LogP contribution in [0.25, 0.3) is 11.0 Å². The van der Waals surface area contributed by atoms with Gasteiger partial charge in [0.2, 0.25) is 0 Å². The highest BCUT2D eigenvalue weighted by Crippen LogP contribution is 2.19. The normalized spacial score (nSPS) is 11.7. The SMILES string of the molecule is O=S(=O)(On1nnc2ccc(Cl)cc21)c1ccc(Cl)cc1. The summed E-state index contributed by atoms with van der Waals surface area (Å²) in [6.07, 6.45) is 0. The summed E-state index contributed by atoms with van der Waals surface area (Å²) in [6, 6.07) is 10.3. The summed E-state index contributed by atoms with van der Waals surface area (Å²) in [5, 5.41) is 8.28. The Morgan fingerprint density at radius 3 is 2.38 bits per heavy atom. The Balaban J connectivity index is 2.01. The maximum atomic E-state index is 12.2. The van der Waals surface area contributed by atoms with Crippen molar-refractivity contribution in [3.8, 4) is 0 Å². The number of halogens is 2. The predicted octanol–water partition coefficient (Wildman–Crippen LogP) is 2.56. The second-order valence-corrected chi connectivity index (χ2v) is 6.48. The van der Waals surface area contributed by atoms with Crippen molar-refractivity contribution in [2.24, 2.45) is 0 Å². The van der Waals surface area contributed by atoms with Crippen molar-refractivity contribution in [3.63, 3.8) is 0 Å². The molecule has 0 radical (unpaired) electrons. The first kappa shape index (κ1) is 14.1. The average molecular weight is 344 g/mol. The summed E-state index contributed by atoms with van der Waals surface area (Å²) >= 11 is 11.6. The first-order chi connectivity index (χ1) is 9.95. The van der Waals surface area contributed by atoms with Crippen LogP contribution in [0.5, 0.6) is 0 Å². The first-order valence-corrected chi connectivity index (χ1v) is 7.84. The van der Waals surface area contributed by atoms with Gasteiger partial charge in [0.15, 0.2) is 0 Å². The molecule has 2 aromatic carbocycles. The molecule has 1 aromatic heterocycles. The molecule has 0 unspecified atom stereocenters. The molecule has 0 aliphatic rings. The van der Waals surface area contributed by atoms with Crippen LogP contribution in [-0.2, 0) is 10.1 Å². The fourth-order valence-corrected chi connectivity index (χ4v) is 2.81. The maximum absolute atomic E-state index is 12.2. The summed E-state index contributed by atoms with van der Waals surface area (Å²) in [4.78, 5) is 0.767. The van der Waals surface area contributed by atoms with E-state index in [1.54, 1.807) is 12.1 Å².